The number of thioether (sulfide) groups is 1. The average Bonchev–Trinajstić information content (AvgIpc) is 2.29. The Morgan fingerprint density at radius 1 is 1.47 bits per heavy atom. The average molecular weight is 225 g/mol. The lowest BCUT2D eigenvalue weighted by Gasteiger charge is -2.02. The standard InChI is InChI=1S/C10H11NO3S/c1-3-8(12)10(13)14-7-4-5-9(15-2)11-6-7/h4-6H,3H2,1-2H3. The number of rotatable bonds is 4. The Morgan fingerprint density at radius 3 is 2.67 bits per heavy atom. The molecule has 0 aliphatic heterocycles. The number of Topliss-reactive ketones (excluding diaryl/α,β-unsaturated/α-hetero) is 1. The van der Waals surface area contributed by atoms with E-state index in [0.29, 0.717) is 5.75 Å². The van der Waals surface area contributed by atoms with Crippen molar-refractivity contribution in [3.8, 4) is 5.75 Å². The number of hydrogen-bond acceptors (Lipinski definition) is 5. The smallest absolute Gasteiger partial charge is 0.380 e. The highest BCUT2D eigenvalue weighted by Crippen LogP contribution is 2.15. The normalized spacial score (nSPS) is 9.73. The Labute approximate surface area is 92.0 Å². The number of carbonyl (C=O) groups excluding carboxylic acids is 2. The summed E-state index contributed by atoms with van der Waals surface area (Å²) < 4.78 is 4.81. The fourth-order valence-corrected chi connectivity index (χ4v) is 1.22. The quantitative estimate of drug-likeness (QED) is 0.443. The second-order valence-electron chi connectivity index (χ2n) is 2.70. The highest BCUT2D eigenvalue weighted by Gasteiger charge is 2.13. The maximum atomic E-state index is 11.1. The van der Waals surface area contributed by atoms with Crippen LogP contribution in [0.25, 0.3) is 0 Å². The molecular formula is C10H11NO3S. The van der Waals surface area contributed by atoms with Gasteiger partial charge in [0, 0.05) is 6.42 Å². The number of ether oxygens (including phenoxy) is 1. The fourth-order valence-electron chi connectivity index (χ4n) is 0.856. The van der Waals surface area contributed by atoms with E-state index in [1.807, 2.05) is 6.26 Å². The van der Waals surface area contributed by atoms with E-state index in [9.17, 15) is 9.59 Å². The molecule has 0 aromatic carbocycles. The molecule has 1 aromatic rings. The molecule has 1 rings (SSSR count). The maximum Gasteiger partial charge on any atom is 0.380 e. The molecule has 0 saturated heterocycles. The van der Waals surface area contributed by atoms with Gasteiger partial charge in [-0.05, 0) is 18.4 Å². The van der Waals surface area contributed by atoms with Crippen LogP contribution in [0, 0.1) is 0 Å². The molecule has 0 aliphatic rings. The maximum absolute atomic E-state index is 11.1. The van der Waals surface area contributed by atoms with Crippen LogP contribution in [0.3, 0.4) is 0 Å². The molecule has 15 heavy (non-hydrogen) atoms. The zero-order chi connectivity index (χ0) is 11.3. The largest absolute Gasteiger partial charge is 0.419 e. The molecule has 0 N–H and O–H groups in total. The molecule has 0 amide bonds. The van der Waals surface area contributed by atoms with Gasteiger partial charge in [-0.15, -0.1) is 11.8 Å². The van der Waals surface area contributed by atoms with Gasteiger partial charge in [-0.3, -0.25) is 4.79 Å². The summed E-state index contributed by atoms with van der Waals surface area (Å²) in [5.41, 5.74) is 0. The monoisotopic (exact) mass is 225 g/mol. The Kier molecular flexibility index (Phi) is 4.30. The number of aromatic nitrogens is 1. The molecule has 0 bridgehead atoms. The van der Waals surface area contributed by atoms with Gasteiger partial charge in [-0.1, -0.05) is 6.92 Å². The number of esters is 1. The van der Waals surface area contributed by atoms with Crippen molar-refractivity contribution < 1.29 is 14.3 Å². The highest BCUT2D eigenvalue weighted by molar-refractivity contribution is 7.98. The second kappa shape index (κ2) is 5.50. The van der Waals surface area contributed by atoms with Crippen LogP contribution in [0.4, 0.5) is 0 Å². The van der Waals surface area contributed by atoms with Crippen molar-refractivity contribution in [2.24, 2.45) is 0 Å². The Morgan fingerprint density at radius 2 is 2.20 bits per heavy atom. The third-order valence-electron chi connectivity index (χ3n) is 1.68. The molecule has 0 saturated carbocycles. The molecular weight excluding hydrogens is 214 g/mol. The van der Waals surface area contributed by atoms with Crippen molar-refractivity contribution >= 4 is 23.5 Å². The van der Waals surface area contributed by atoms with Gasteiger partial charge in [-0.2, -0.15) is 0 Å². The lowest BCUT2D eigenvalue weighted by molar-refractivity contribution is -0.146. The third kappa shape index (κ3) is 3.36. The van der Waals surface area contributed by atoms with E-state index in [-0.39, 0.29) is 6.42 Å². The topological polar surface area (TPSA) is 56.3 Å². The summed E-state index contributed by atoms with van der Waals surface area (Å²) in [4.78, 5) is 26.0. The van der Waals surface area contributed by atoms with Crippen molar-refractivity contribution in [3.05, 3.63) is 18.3 Å². The number of nitrogens with zero attached hydrogens (tertiary/aromatic N) is 1. The molecule has 5 heteroatoms. The zero-order valence-corrected chi connectivity index (χ0v) is 9.34. The SMILES string of the molecule is CCC(=O)C(=O)Oc1ccc(SC)nc1. The predicted molar refractivity (Wildman–Crippen MR) is 57.0 cm³/mol. The summed E-state index contributed by atoms with van der Waals surface area (Å²) in [6, 6.07) is 3.34. The minimum atomic E-state index is -0.837. The van der Waals surface area contributed by atoms with E-state index in [4.69, 9.17) is 4.74 Å². The Bertz CT molecular complexity index is 361. The summed E-state index contributed by atoms with van der Waals surface area (Å²) in [5.74, 6) is -1.08. The van der Waals surface area contributed by atoms with Crippen LogP contribution < -0.4 is 4.74 Å². The van der Waals surface area contributed by atoms with E-state index in [1.165, 1.54) is 18.0 Å². The van der Waals surface area contributed by atoms with Gasteiger partial charge >= 0.3 is 5.97 Å². The van der Waals surface area contributed by atoms with Crippen molar-refractivity contribution in [2.75, 3.05) is 6.26 Å². The first-order valence-corrected chi connectivity index (χ1v) is 5.65. The van der Waals surface area contributed by atoms with E-state index in [2.05, 4.69) is 4.98 Å². The summed E-state index contributed by atoms with van der Waals surface area (Å²) in [5, 5.41) is 0.830. The first kappa shape index (κ1) is 11.7. The van der Waals surface area contributed by atoms with Crippen LogP contribution in [0.15, 0.2) is 23.4 Å². The Balaban J connectivity index is 2.65. The fraction of sp³-hybridized carbons (Fsp3) is 0.300. The van der Waals surface area contributed by atoms with Crippen LogP contribution in [0.1, 0.15) is 13.3 Å². The Hall–Kier alpha value is -1.36. The molecule has 0 fully saturated rings. The second-order valence-corrected chi connectivity index (χ2v) is 3.53. The molecule has 0 spiro atoms. The van der Waals surface area contributed by atoms with Gasteiger partial charge in [-0.25, -0.2) is 9.78 Å². The summed E-state index contributed by atoms with van der Waals surface area (Å²) in [6.45, 7) is 1.61. The molecule has 0 atom stereocenters. The number of pyridine rings is 1. The van der Waals surface area contributed by atoms with E-state index in [0.717, 1.165) is 5.03 Å². The van der Waals surface area contributed by atoms with Crippen molar-refractivity contribution in [1.82, 2.24) is 4.98 Å². The number of carbonyl (C=O) groups is 2. The van der Waals surface area contributed by atoms with Gasteiger partial charge in [0.15, 0.2) is 0 Å². The van der Waals surface area contributed by atoms with Crippen molar-refractivity contribution in [1.29, 1.82) is 0 Å². The summed E-state index contributed by atoms with van der Waals surface area (Å²) >= 11 is 1.49. The summed E-state index contributed by atoms with van der Waals surface area (Å²) in [6.07, 6.45) is 3.47. The van der Waals surface area contributed by atoms with Crippen LogP contribution in [-0.4, -0.2) is 23.0 Å². The molecule has 80 valence electrons. The zero-order valence-electron chi connectivity index (χ0n) is 8.52. The van der Waals surface area contributed by atoms with Crippen LogP contribution in [0.2, 0.25) is 0 Å². The molecule has 1 aromatic heterocycles. The highest BCUT2D eigenvalue weighted by atomic mass is 32.2. The first-order valence-electron chi connectivity index (χ1n) is 4.42. The molecule has 4 nitrogen and oxygen atoms in total. The predicted octanol–water partition coefficient (Wildman–Crippen LogP) is 1.69. The van der Waals surface area contributed by atoms with Crippen molar-refractivity contribution in [2.45, 2.75) is 18.4 Å². The van der Waals surface area contributed by atoms with Crippen molar-refractivity contribution in [3.63, 3.8) is 0 Å². The summed E-state index contributed by atoms with van der Waals surface area (Å²) in [7, 11) is 0. The van der Waals surface area contributed by atoms with E-state index >= 15 is 0 Å². The van der Waals surface area contributed by atoms with Crippen LogP contribution in [0.5, 0.6) is 5.75 Å². The van der Waals surface area contributed by atoms with Gasteiger partial charge in [0.25, 0.3) is 0 Å². The van der Waals surface area contributed by atoms with Gasteiger partial charge in [0.1, 0.15) is 5.75 Å². The molecule has 0 unspecified atom stereocenters. The van der Waals surface area contributed by atoms with Crippen LogP contribution in [-0.2, 0) is 9.59 Å². The minimum absolute atomic E-state index is 0.148. The van der Waals surface area contributed by atoms with E-state index in [1.54, 1.807) is 19.1 Å². The number of ketones is 1. The molecule has 1 heterocycles. The van der Waals surface area contributed by atoms with Gasteiger partial charge in [0.2, 0.25) is 5.78 Å². The number of hydrogen-bond donors (Lipinski definition) is 0. The van der Waals surface area contributed by atoms with Gasteiger partial charge < -0.3 is 4.74 Å². The van der Waals surface area contributed by atoms with Gasteiger partial charge in [0.05, 0.1) is 11.2 Å². The lowest BCUT2D eigenvalue weighted by atomic mass is 10.3. The first-order chi connectivity index (χ1) is 7.17. The van der Waals surface area contributed by atoms with E-state index < -0.39 is 11.8 Å². The minimum Gasteiger partial charge on any atom is -0.419 e. The molecule has 0 radical (unpaired) electrons. The third-order valence-corrected chi connectivity index (χ3v) is 2.34. The molecule has 0 aliphatic carbocycles. The lowest BCUT2D eigenvalue weighted by Crippen LogP contribution is -2.19. The van der Waals surface area contributed by atoms with Crippen LogP contribution >= 0.6 is 11.8 Å².